The number of aromatic nitrogens is 1. The van der Waals surface area contributed by atoms with Gasteiger partial charge in [0.15, 0.2) is 5.82 Å². The molecule has 0 bridgehead atoms. The molecule has 2 aromatic carbocycles. The van der Waals surface area contributed by atoms with Crippen molar-refractivity contribution in [1.82, 2.24) is 10.5 Å². The molecule has 3 aromatic rings. The second-order valence-electron chi connectivity index (χ2n) is 9.82. The second-order valence-corrected chi connectivity index (χ2v) is 10.2. The Morgan fingerprint density at radius 1 is 1.07 bits per heavy atom. The van der Waals surface area contributed by atoms with E-state index in [1.807, 2.05) is 20.8 Å². The van der Waals surface area contributed by atoms with Crippen LogP contribution in [0.25, 0.3) is 0 Å². The third-order valence-corrected chi connectivity index (χ3v) is 6.77. The number of ether oxygens (including phenoxy) is 2. The highest BCUT2D eigenvalue weighted by Crippen LogP contribution is 2.40. The minimum atomic E-state index is -1.19. The van der Waals surface area contributed by atoms with Crippen LogP contribution in [0.3, 0.4) is 0 Å². The first-order chi connectivity index (χ1) is 19.0. The highest BCUT2D eigenvalue weighted by molar-refractivity contribution is 6.31. The largest absolute Gasteiger partial charge is 0.497 e. The SMILES string of the molecule is CCC(C)(C)NC(=O)[C@H](c1ccccc1Cl)N(C(=O)CCC(=O)Nc1cc(C)on1)c1cc(OC)ccc1OC. The average Bonchev–Trinajstić information content (AvgIpc) is 3.34. The molecule has 11 heteroatoms. The first-order valence-corrected chi connectivity index (χ1v) is 13.2. The van der Waals surface area contributed by atoms with E-state index in [-0.39, 0.29) is 24.3 Å². The van der Waals surface area contributed by atoms with Crippen LogP contribution < -0.4 is 25.0 Å². The number of anilines is 2. The fourth-order valence-corrected chi connectivity index (χ4v) is 4.20. The van der Waals surface area contributed by atoms with Crippen molar-refractivity contribution >= 4 is 40.8 Å². The Labute approximate surface area is 238 Å². The molecule has 3 rings (SSSR count). The normalized spacial score (nSPS) is 11.9. The van der Waals surface area contributed by atoms with E-state index in [4.69, 9.17) is 25.6 Å². The lowest BCUT2D eigenvalue weighted by molar-refractivity contribution is -0.128. The van der Waals surface area contributed by atoms with E-state index < -0.39 is 29.3 Å². The van der Waals surface area contributed by atoms with Gasteiger partial charge >= 0.3 is 0 Å². The zero-order valence-corrected chi connectivity index (χ0v) is 24.3. The molecule has 0 fully saturated rings. The fourth-order valence-electron chi connectivity index (χ4n) is 3.96. The monoisotopic (exact) mass is 570 g/mol. The molecule has 0 aliphatic carbocycles. The Balaban J connectivity index is 2.09. The number of benzene rings is 2. The van der Waals surface area contributed by atoms with E-state index in [1.165, 1.54) is 19.1 Å². The molecular formula is C29H35ClN4O6. The number of hydrogen-bond acceptors (Lipinski definition) is 7. The van der Waals surface area contributed by atoms with Gasteiger partial charge in [-0.3, -0.25) is 19.3 Å². The number of hydrogen-bond donors (Lipinski definition) is 2. The molecule has 0 aliphatic rings. The number of rotatable bonds is 12. The number of nitrogens with zero attached hydrogens (tertiary/aromatic N) is 2. The Kier molecular flexibility index (Phi) is 10.2. The van der Waals surface area contributed by atoms with Crippen LogP contribution in [0, 0.1) is 6.92 Å². The maximum absolute atomic E-state index is 14.0. The molecule has 214 valence electrons. The molecule has 0 unspecified atom stereocenters. The standard InChI is InChI=1S/C29H35ClN4O6/c1-7-29(3,4)32-28(37)27(20-10-8-9-11-21(20)30)34(22-17-19(38-5)12-13-23(22)39-6)26(36)15-14-25(35)31-24-16-18(2)40-33-24/h8-13,16-17,27H,7,14-15H2,1-6H3,(H,32,37)(H,31,33,35)/t27-/m0/s1. The molecule has 0 spiro atoms. The van der Waals surface area contributed by atoms with E-state index in [1.54, 1.807) is 55.5 Å². The summed E-state index contributed by atoms with van der Waals surface area (Å²) >= 11 is 6.60. The van der Waals surface area contributed by atoms with Crippen LogP contribution >= 0.6 is 11.6 Å². The zero-order chi connectivity index (χ0) is 29.4. The van der Waals surface area contributed by atoms with Crippen LogP contribution in [0.5, 0.6) is 11.5 Å². The number of amides is 3. The molecular weight excluding hydrogens is 536 g/mol. The molecule has 1 aromatic heterocycles. The number of aryl methyl sites for hydroxylation is 1. The van der Waals surface area contributed by atoms with Crippen molar-refractivity contribution in [3.63, 3.8) is 0 Å². The smallest absolute Gasteiger partial charge is 0.248 e. The molecule has 0 saturated heterocycles. The summed E-state index contributed by atoms with van der Waals surface area (Å²) in [6, 6.07) is 12.1. The lowest BCUT2D eigenvalue weighted by Gasteiger charge is -2.35. The number of methoxy groups -OCH3 is 2. The van der Waals surface area contributed by atoms with Gasteiger partial charge in [0.2, 0.25) is 17.7 Å². The van der Waals surface area contributed by atoms with Crippen LogP contribution in [0.15, 0.2) is 53.1 Å². The third-order valence-electron chi connectivity index (χ3n) is 6.43. The van der Waals surface area contributed by atoms with Gasteiger partial charge in [-0.05, 0) is 45.4 Å². The third kappa shape index (κ3) is 7.53. The lowest BCUT2D eigenvalue weighted by Crippen LogP contribution is -2.50. The maximum Gasteiger partial charge on any atom is 0.248 e. The number of carbonyl (C=O) groups is 3. The van der Waals surface area contributed by atoms with Crippen molar-refractivity contribution in [2.75, 3.05) is 24.4 Å². The van der Waals surface area contributed by atoms with Gasteiger partial charge < -0.3 is 24.6 Å². The molecule has 0 saturated carbocycles. The van der Waals surface area contributed by atoms with Gasteiger partial charge in [0.25, 0.3) is 0 Å². The predicted octanol–water partition coefficient (Wildman–Crippen LogP) is 5.45. The predicted molar refractivity (Wildman–Crippen MR) is 153 cm³/mol. The summed E-state index contributed by atoms with van der Waals surface area (Å²) in [5.74, 6) is 0.164. The van der Waals surface area contributed by atoms with E-state index in [9.17, 15) is 14.4 Å². The van der Waals surface area contributed by atoms with Crippen molar-refractivity contribution < 1.29 is 28.4 Å². The van der Waals surface area contributed by atoms with Gasteiger partial charge in [0, 0.05) is 41.1 Å². The first-order valence-electron chi connectivity index (χ1n) is 12.8. The number of nitrogens with one attached hydrogen (secondary N) is 2. The molecule has 1 heterocycles. The zero-order valence-electron chi connectivity index (χ0n) is 23.5. The van der Waals surface area contributed by atoms with Crippen molar-refractivity contribution in [3.8, 4) is 11.5 Å². The quantitative estimate of drug-likeness (QED) is 0.297. The summed E-state index contributed by atoms with van der Waals surface area (Å²) in [5, 5.41) is 9.70. The Morgan fingerprint density at radius 2 is 1.80 bits per heavy atom. The number of halogens is 1. The molecule has 0 radical (unpaired) electrons. The second kappa shape index (κ2) is 13.3. The van der Waals surface area contributed by atoms with Crippen molar-refractivity contribution in [1.29, 1.82) is 0 Å². The molecule has 3 amide bonds. The highest BCUT2D eigenvalue weighted by atomic mass is 35.5. The Morgan fingerprint density at radius 3 is 2.40 bits per heavy atom. The molecule has 1 atom stereocenters. The van der Waals surface area contributed by atoms with Crippen molar-refractivity contribution in [3.05, 3.63) is 64.9 Å². The van der Waals surface area contributed by atoms with Crippen LogP contribution in [0.2, 0.25) is 5.02 Å². The first kappa shape index (κ1) is 30.5. The van der Waals surface area contributed by atoms with E-state index in [0.717, 1.165) is 0 Å². The van der Waals surface area contributed by atoms with Crippen LogP contribution in [-0.4, -0.2) is 42.6 Å². The van der Waals surface area contributed by atoms with E-state index in [2.05, 4.69) is 15.8 Å². The summed E-state index contributed by atoms with van der Waals surface area (Å²) in [7, 11) is 2.96. The average molecular weight is 571 g/mol. The Bertz CT molecular complexity index is 1360. The van der Waals surface area contributed by atoms with Crippen LogP contribution in [0.4, 0.5) is 11.5 Å². The van der Waals surface area contributed by atoms with Gasteiger partial charge in [-0.25, -0.2) is 0 Å². The summed E-state index contributed by atoms with van der Waals surface area (Å²) in [5.41, 5.74) is 0.127. The minimum Gasteiger partial charge on any atom is -0.497 e. The van der Waals surface area contributed by atoms with E-state index in [0.29, 0.717) is 34.3 Å². The van der Waals surface area contributed by atoms with Crippen molar-refractivity contribution in [2.45, 2.75) is 58.5 Å². The number of carbonyl (C=O) groups excluding carboxylic acids is 3. The van der Waals surface area contributed by atoms with Gasteiger partial charge in [-0.15, -0.1) is 0 Å². The summed E-state index contributed by atoms with van der Waals surface area (Å²) in [6.45, 7) is 7.44. The fraction of sp³-hybridized carbons (Fsp3) is 0.379. The molecule has 0 aliphatic heterocycles. The van der Waals surface area contributed by atoms with Gasteiger partial charge in [0.1, 0.15) is 23.3 Å². The van der Waals surface area contributed by atoms with Crippen LogP contribution in [0.1, 0.15) is 57.4 Å². The topological polar surface area (TPSA) is 123 Å². The molecule has 2 N–H and O–H groups in total. The lowest BCUT2D eigenvalue weighted by atomic mass is 9.97. The minimum absolute atomic E-state index is 0.176. The van der Waals surface area contributed by atoms with Gasteiger partial charge in [-0.2, -0.15) is 0 Å². The van der Waals surface area contributed by atoms with Crippen molar-refractivity contribution in [2.24, 2.45) is 0 Å². The maximum atomic E-state index is 14.0. The van der Waals surface area contributed by atoms with Gasteiger partial charge in [0.05, 0.1) is 19.9 Å². The molecule has 40 heavy (non-hydrogen) atoms. The molecule has 10 nitrogen and oxygen atoms in total. The van der Waals surface area contributed by atoms with Gasteiger partial charge in [-0.1, -0.05) is 41.9 Å². The summed E-state index contributed by atoms with van der Waals surface area (Å²) < 4.78 is 16.0. The summed E-state index contributed by atoms with van der Waals surface area (Å²) in [6.07, 6.45) is 0.241. The Hall–Kier alpha value is -4.05. The van der Waals surface area contributed by atoms with Crippen LogP contribution in [-0.2, 0) is 14.4 Å². The highest BCUT2D eigenvalue weighted by Gasteiger charge is 2.37. The van der Waals surface area contributed by atoms with E-state index >= 15 is 0 Å². The summed E-state index contributed by atoms with van der Waals surface area (Å²) in [4.78, 5) is 42.0.